The van der Waals surface area contributed by atoms with Crippen molar-refractivity contribution < 1.29 is 0 Å². The number of rotatable bonds is 3. The number of thiophene rings is 2. The van der Waals surface area contributed by atoms with Crippen LogP contribution in [0.3, 0.4) is 0 Å². The highest BCUT2D eigenvalue weighted by molar-refractivity contribution is 7.27. The van der Waals surface area contributed by atoms with Crippen LogP contribution < -0.4 is 16.2 Å². The van der Waals surface area contributed by atoms with E-state index in [4.69, 9.17) is 0 Å². The molecular formula is C59H48BN2S2. The van der Waals surface area contributed by atoms with Gasteiger partial charge in [-0.25, -0.2) is 0 Å². The molecule has 1 aliphatic heterocycles. The van der Waals surface area contributed by atoms with Crippen molar-refractivity contribution in [3.8, 4) is 27.9 Å². The Kier molecular flexibility index (Phi) is 7.78. The first kappa shape index (κ1) is 38.3. The van der Waals surface area contributed by atoms with Crippen molar-refractivity contribution in [1.29, 1.82) is 0 Å². The normalized spacial score (nSPS) is 14.2. The molecule has 0 amide bonds. The Morgan fingerprint density at radius 2 is 1.23 bits per heavy atom. The van der Waals surface area contributed by atoms with Crippen LogP contribution in [-0.4, -0.2) is 11.8 Å². The lowest BCUT2D eigenvalue weighted by Crippen LogP contribution is -2.38. The standard InChI is InChI=1S/C59H48BN2S2/c1-57(2,3)32-21-24-34(25-22-32)61-45-31-50-39(36-16-10-13-19-48(36)63-50)28-40(45)51-52-37-17-11-14-20-49(37)64-56(52)53-41-27-33(58(4,5)6)23-26-46(41)62-47-29-38-35-15-9-12-18-42(35)59(7,8)43(38)30-44(47)60-54(51)55(53)62/h9-31,61H,1-8H3. The molecule has 3 aromatic heterocycles. The van der Waals surface area contributed by atoms with Gasteiger partial charge in [0, 0.05) is 79.2 Å². The van der Waals surface area contributed by atoms with Gasteiger partial charge in [0.1, 0.15) is 0 Å². The second-order valence-corrected chi connectivity index (χ2v) is 23.0. The Hall–Kier alpha value is -6.14. The van der Waals surface area contributed by atoms with Crippen LogP contribution in [0.2, 0.25) is 0 Å². The smallest absolute Gasteiger partial charge is 0.197 e. The van der Waals surface area contributed by atoms with Gasteiger partial charge >= 0.3 is 0 Å². The van der Waals surface area contributed by atoms with E-state index >= 15 is 0 Å². The molecule has 0 fully saturated rings. The summed E-state index contributed by atoms with van der Waals surface area (Å²) in [6.45, 7) is 18.7. The molecule has 4 heterocycles. The van der Waals surface area contributed by atoms with Gasteiger partial charge in [-0.3, -0.25) is 0 Å². The number of hydrogen-bond donors (Lipinski definition) is 1. The average molecular weight is 860 g/mol. The third-order valence-electron chi connectivity index (χ3n) is 14.5. The first-order valence-corrected chi connectivity index (χ1v) is 24.3. The van der Waals surface area contributed by atoms with E-state index in [2.05, 4.69) is 212 Å². The molecule has 1 N–H and O–H groups in total. The summed E-state index contributed by atoms with van der Waals surface area (Å²) in [4.78, 5) is 0. The molecule has 5 heteroatoms. The Morgan fingerprint density at radius 3 is 2.00 bits per heavy atom. The van der Waals surface area contributed by atoms with Gasteiger partial charge < -0.3 is 9.88 Å². The number of benzene rings is 8. The van der Waals surface area contributed by atoms with Crippen molar-refractivity contribution in [3.63, 3.8) is 0 Å². The highest BCUT2D eigenvalue weighted by Crippen LogP contribution is 2.53. The van der Waals surface area contributed by atoms with Gasteiger partial charge in [-0.1, -0.05) is 146 Å². The average Bonchev–Trinajstić information content (AvgIpc) is 4.00. The van der Waals surface area contributed by atoms with Crippen molar-refractivity contribution in [2.75, 3.05) is 5.32 Å². The number of nitrogens with zero attached hydrogens (tertiary/aromatic N) is 1. The van der Waals surface area contributed by atoms with Crippen LogP contribution in [0.5, 0.6) is 0 Å². The fraction of sp³-hybridized carbons (Fsp3) is 0.186. The third kappa shape index (κ3) is 5.32. The Labute approximate surface area is 383 Å². The lowest BCUT2D eigenvalue weighted by Gasteiger charge is -2.27. The van der Waals surface area contributed by atoms with E-state index in [-0.39, 0.29) is 16.2 Å². The lowest BCUT2D eigenvalue weighted by molar-refractivity contribution is 0.590. The summed E-state index contributed by atoms with van der Waals surface area (Å²) in [6, 6.07) is 53.5. The monoisotopic (exact) mass is 859 g/mol. The number of aromatic nitrogens is 1. The number of nitrogens with one attached hydrogen (secondary N) is 1. The summed E-state index contributed by atoms with van der Waals surface area (Å²) >= 11 is 3.84. The summed E-state index contributed by atoms with van der Waals surface area (Å²) in [5.41, 5.74) is 19.2. The first-order chi connectivity index (χ1) is 30.7. The second kappa shape index (κ2) is 13.0. The van der Waals surface area contributed by atoms with Gasteiger partial charge in [0.05, 0.1) is 11.0 Å². The van der Waals surface area contributed by atoms with Crippen molar-refractivity contribution in [2.24, 2.45) is 0 Å². The molecule has 8 aromatic carbocycles. The molecule has 13 rings (SSSR count). The Morgan fingerprint density at radius 1 is 0.547 bits per heavy atom. The summed E-state index contributed by atoms with van der Waals surface area (Å²) in [5, 5.41) is 12.0. The quantitative estimate of drug-likeness (QED) is 0.175. The minimum absolute atomic E-state index is 0.00460. The van der Waals surface area contributed by atoms with Crippen LogP contribution in [-0.2, 0) is 16.2 Å². The van der Waals surface area contributed by atoms with Gasteiger partial charge in [-0.05, 0) is 110 Å². The zero-order chi connectivity index (χ0) is 43.6. The molecule has 309 valence electrons. The van der Waals surface area contributed by atoms with Crippen LogP contribution in [0.15, 0.2) is 140 Å². The van der Waals surface area contributed by atoms with Gasteiger partial charge in [-0.2, -0.15) is 0 Å². The highest BCUT2D eigenvalue weighted by atomic mass is 32.1. The van der Waals surface area contributed by atoms with E-state index < -0.39 is 0 Å². The van der Waals surface area contributed by atoms with Crippen molar-refractivity contribution in [3.05, 3.63) is 162 Å². The largest absolute Gasteiger partial charge is 0.355 e. The fourth-order valence-electron chi connectivity index (χ4n) is 11.1. The maximum absolute atomic E-state index is 4.04. The fourth-order valence-corrected chi connectivity index (χ4v) is 13.5. The van der Waals surface area contributed by atoms with E-state index in [1.807, 2.05) is 22.7 Å². The molecule has 1 aliphatic carbocycles. The molecule has 0 saturated heterocycles. The zero-order valence-electron chi connectivity index (χ0n) is 37.6. The molecule has 2 nitrogen and oxygen atoms in total. The Bertz CT molecular complexity index is 3820. The van der Waals surface area contributed by atoms with Crippen LogP contribution in [0, 0.1) is 0 Å². The molecule has 0 unspecified atom stereocenters. The van der Waals surface area contributed by atoms with Gasteiger partial charge in [0.25, 0.3) is 0 Å². The van der Waals surface area contributed by atoms with E-state index in [1.165, 1.54) is 123 Å². The molecule has 0 spiro atoms. The third-order valence-corrected chi connectivity index (χ3v) is 16.8. The van der Waals surface area contributed by atoms with E-state index in [1.54, 1.807) is 0 Å². The van der Waals surface area contributed by atoms with E-state index in [0.29, 0.717) is 0 Å². The molecule has 64 heavy (non-hydrogen) atoms. The topological polar surface area (TPSA) is 17.0 Å². The zero-order valence-corrected chi connectivity index (χ0v) is 39.3. The molecule has 0 atom stereocenters. The highest BCUT2D eigenvalue weighted by Gasteiger charge is 2.38. The second-order valence-electron chi connectivity index (χ2n) is 20.8. The van der Waals surface area contributed by atoms with Gasteiger partial charge in [0.2, 0.25) is 0 Å². The predicted molar refractivity (Wildman–Crippen MR) is 282 cm³/mol. The molecule has 11 aromatic rings. The maximum atomic E-state index is 4.04. The van der Waals surface area contributed by atoms with E-state index in [9.17, 15) is 0 Å². The van der Waals surface area contributed by atoms with Crippen LogP contribution in [0.25, 0.3) is 90.1 Å². The molecular weight excluding hydrogens is 812 g/mol. The summed E-state index contributed by atoms with van der Waals surface area (Å²) in [7, 11) is 2.56. The van der Waals surface area contributed by atoms with Crippen LogP contribution >= 0.6 is 22.7 Å². The van der Waals surface area contributed by atoms with Crippen molar-refractivity contribution in [2.45, 2.75) is 71.6 Å². The minimum atomic E-state index is -0.119. The number of hydrogen-bond acceptors (Lipinski definition) is 3. The summed E-state index contributed by atoms with van der Waals surface area (Å²) in [5.74, 6) is 0. The Balaban J connectivity index is 1.20. The lowest BCUT2D eigenvalue weighted by atomic mass is 9.57. The molecule has 2 aliphatic rings. The van der Waals surface area contributed by atoms with Crippen molar-refractivity contribution >= 4 is 114 Å². The van der Waals surface area contributed by atoms with Crippen LogP contribution in [0.4, 0.5) is 11.4 Å². The first-order valence-electron chi connectivity index (χ1n) is 22.7. The molecule has 1 radical (unpaired) electrons. The van der Waals surface area contributed by atoms with Crippen molar-refractivity contribution in [1.82, 2.24) is 4.57 Å². The van der Waals surface area contributed by atoms with E-state index in [0.717, 1.165) is 11.4 Å². The number of fused-ring (bicyclic) bond motifs is 15. The van der Waals surface area contributed by atoms with Gasteiger partial charge in [-0.15, -0.1) is 22.7 Å². The SMILES string of the molecule is CC(C)(C)c1ccc(Nc2cc3sc4ccccc4c3cc2-c2c3c4c(c5cc(C(C)(C)C)ccc5n4-c4cc5c(cc4[B]3)C(C)(C)c3ccccc3-5)c3sc4ccccc4c23)cc1. The summed E-state index contributed by atoms with van der Waals surface area (Å²) in [6.07, 6.45) is 0. The predicted octanol–water partition coefficient (Wildman–Crippen LogP) is 15.8. The van der Waals surface area contributed by atoms with Gasteiger partial charge in [0.15, 0.2) is 7.28 Å². The molecule has 0 saturated carbocycles. The molecule has 0 bridgehead atoms. The summed E-state index contributed by atoms with van der Waals surface area (Å²) < 4.78 is 7.90. The minimum Gasteiger partial charge on any atom is -0.355 e. The van der Waals surface area contributed by atoms with Crippen LogP contribution in [0.1, 0.15) is 77.6 Å². The number of anilines is 2. The maximum Gasteiger partial charge on any atom is 0.197 e.